The molecule has 3 heterocycles. The van der Waals surface area contributed by atoms with Crippen molar-refractivity contribution in [3.63, 3.8) is 0 Å². The second kappa shape index (κ2) is 11.6. The second-order valence-electron chi connectivity index (χ2n) is 13.7. The summed E-state index contributed by atoms with van der Waals surface area (Å²) in [6.45, 7) is 0. The number of dihydropyridines is 1. The van der Waals surface area contributed by atoms with Crippen LogP contribution >= 0.6 is 11.3 Å². The SMILES string of the molecule is C1=C(c2ccc(-n3c4ccc5ccccc5c4c4c5ccccc5ccc43)cc2)C=C(c2cccc3c2sc2ccccc23)NC1c1ccccc1. The number of rotatable bonds is 4. The highest BCUT2D eigenvalue weighted by atomic mass is 32.1. The van der Waals surface area contributed by atoms with Crippen LogP contribution in [0.5, 0.6) is 0 Å². The largest absolute Gasteiger partial charge is 0.374 e. The molecular formula is C49H32N2S. The van der Waals surface area contributed by atoms with Crippen molar-refractivity contribution in [2.75, 3.05) is 0 Å². The first-order valence-electron chi connectivity index (χ1n) is 17.9. The molecule has 2 nitrogen and oxygen atoms in total. The van der Waals surface area contributed by atoms with Crippen molar-refractivity contribution in [1.29, 1.82) is 0 Å². The van der Waals surface area contributed by atoms with E-state index in [1.54, 1.807) is 0 Å². The Kier molecular flexibility index (Phi) is 6.52. The Morgan fingerprint density at radius 3 is 1.83 bits per heavy atom. The molecule has 0 fully saturated rings. The molecular weight excluding hydrogens is 649 g/mol. The first-order valence-corrected chi connectivity index (χ1v) is 18.7. The van der Waals surface area contributed by atoms with Crippen LogP contribution in [0.3, 0.4) is 0 Å². The molecule has 1 atom stereocenters. The van der Waals surface area contributed by atoms with Crippen LogP contribution in [-0.4, -0.2) is 4.57 Å². The molecule has 0 radical (unpaired) electrons. The summed E-state index contributed by atoms with van der Waals surface area (Å²) in [5.41, 5.74) is 9.65. The highest BCUT2D eigenvalue weighted by Gasteiger charge is 2.22. The molecule has 2 aromatic heterocycles. The van der Waals surface area contributed by atoms with E-state index in [1.807, 2.05) is 11.3 Å². The highest BCUT2D eigenvalue weighted by molar-refractivity contribution is 7.26. The van der Waals surface area contributed by atoms with Gasteiger partial charge in [-0.1, -0.05) is 140 Å². The fourth-order valence-electron chi connectivity index (χ4n) is 8.40. The van der Waals surface area contributed by atoms with Gasteiger partial charge in [0.1, 0.15) is 0 Å². The van der Waals surface area contributed by atoms with E-state index in [4.69, 9.17) is 0 Å². The van der Waals surface area contributed by atoms with Crippen molar-refractivity contribution in [2.24, 2.45) is 0 Å². The van der Waals surface area contributed by atoms with E-state index in [1.165, 1.54) is 85.8 Å². The monoisotopic (exact) mass is 680 g/mol. The van der Waals surface area contributed by atoms with Gasteiger partial charge in [0.25, 0.3) is 0 Å². The zero-order chi connectivity index (χ0) is 34.2. The molecule has 1 unspecified atom stereocenters. The maximum absolute atomic E-state index is 3.91. The minimum absolute atomic E-state index is 0.0411. The third-order valence-corrected chi connectivity index (χ3v) is 12.0. The number of hydrogen-bond acceptors (Lipinski definition) is 2. The van der Waals surface area contributed by atoms with Crippen LogP contribution in [0.2, 0.25) is 0 Å². The van der Waals surface area contributed by atoms with Crippen LogP contribution in [0.4, 0.5) is 0 Å². The molecule has 3 heteroatoms. The lowest BCUT2D eigenvalue weighted by atomic mass is 9.93. The summed E-state index contributed by atoms with van der Waals surface area (Å²) in [6.07, 6.45) is 4.71. The molecule has 10 aromatic rings. The van der Waals surface area contributed by atoms with Gasteiger partial charge >= 0.3 is 0 Å². The van der Waals surface area contributed by atoms with Gasteiger partial charge in [-0.25, -0.2) is 0 Å². The van der Waals surface area contributed by atoms with Crippen molar-refractivity contribution < 1.29 is 0 Å². The summed E-state index contributed by atoms with van der Waals surface area (Å²) in [5, 5.41) is 14.3. The van der Waals surface area contributed by atoms with Gasteiger partial charge in [0, 0.05) is 47.9 Å². The average Bonchev–Trinajstić information content (AvgIpc) is 3.78. The Balaban J connectivity index is 1.08. The van der Waals surface area contributed by atoms with Crippen molar-refractivity contribution in [3.8, 4) is 5.69 Å². The van der Waals surface area contributed by atoms with Crippen molar-refractivity contribution >= 4 is 86.1 Å². The van der Waals surface area contributed by atoms with E-state index < -0.39 is 0 Å². The fraction of sp³-hybridized carbons (Fsp3) is 0.0204. The lowest BCUT2D eigenvalue weighted by Crippen LogP contribution is -2.21. The van der Waals surface area contributed by atoms with Gasteiger partial charge in [0.05, 0.1) is 17.1 Å². The van der Waals surface area contributed by atoms with Crippen LogP contribution in [0.1, 0.15) is 22.7 Å². The van der Waals surface area contributed by atoms with E-state index in [-0.39, 0.29) is 6.04 Å². The summed E-state index contributed by atoms with van der Waals surface area (Å²) in [7, 11) is 0. The van der Waals surface area contributed by atoms with Crippen LogP contribution in [0.25, 0.3) is 80.5 Å². The van der Waals surface area contributed by atoms with Crippen molar-refractivity contribution in [2.45, 2.75) is 6.04 Å². The molecule has 0 saturated carbocycles. The first-order chi connectivity index (χ1) is 25.8. The molecule has 11 rings (SSSR count). The van der Waals surface area contributed by atoms with Gasteiger partial charge in [-0.15, -0.1) is 11.3 Å². The zero-order valence-corrected chi connectivity index (χ0v) is 29.1. The summed E-state index contributed by atoms with van der Waals surface area (Å²) in [4.78, 5) is 0. The summed E-state index contributed by atoms with van der Waals surface area (Å²) in [5.74, 6) is 0. The number of benzene rings is 8. The van der Waals surface area contributed by atoms with Crippen molar-refractivity contribution in [3.05, 3.63) is 199 Å². The third-order valence-electron chi connectivity index (χ3n) is 10.8. The molecule has 244 valence electrons. The number of nitrogens with zero attached hydrogens (tertiary/aromatic N) is 1. The Labute approximate surface area is 305 Å². The molecule has 1 aliphatic rings. The molecule has 0 aliphatic carbocycles. The Bertz CT molecular complexity index is 2990. The van der Waals surface area contributed by atoms with E-state index in [2.05, 4.69) is 192 Å². The van der Waals surface area contributed by atoms with Gasteiger partial charge in [-0.3, -0.25) is 0 Å². The average molecular weight is 681 g/mol. The topological polar surface area (TPSA) is 17.0 Å². The Hall–Kier alpha value is -6.42. The molecule has 8 aromatic carbocycles. The number of allylic oxidation sites excluding steroid dienone is 2. The van der Waals surface area contributed by atoms with Crippen LogP contribution < -0.4 is 5.32 Å². The predicted octanol–water partition coefficient (Wildman–Crippen LogP) is 13.2. The molecule has 0 bridgehead atoms. The minimum Gasteiger partial charge on any atom is -0.374 e. The molecule has 1 N–H and O–H groups in total. The normalized spacial score (nSPS) is 14.7. The second-order valence-corrected chi connectivity index (χ2v) is 14.8. The summed E-state index contributed by atoms with van der Waals surface area (Å²) >= 11 is 1.88. The van der Waals surface area contributed by atoms with E-state index >= 15 is 0 Å². The Morgan fingerprint density at radius 1 is 0.500 bits per heavy atom. The highest BCUT2D eigenvalue weighted by Crippen LogP contribution is 2.42. The minimum atomic E-state index is 0.0411. The van der Waals surface area contributed by atoms with Gasteiger partial charge in [-0.2, -0.15) is 0 Å². The number of nitrogens with one attached hydrogen (secondary N) is 1. The predicted molar refractivity (Wildman–Crippen MR) is 223 cm³/mol. The van der Waals surface area contributed by atoms with E-state index in [0.29, 0.717) is 0 Å². The zero-order valence-electron chi connectivity index (χ0n) is 28.3. The summed E-state index contributed by atoms with van der Waals surface area (Å²) in [6, 6.07) is 62.1. The van der Waals surface area contributed by atoms with Crippen LogP contribution in [0, 0.1) is 0 Å². The van der Waals surface area contributed by atoms with Gasteiger partial charge in [0.2, 0.25) is 0 Å². The third kappa shape index (κ3) is 4.50. The number of hydrogen-bond donors (Lipinski definition) is 1. The molecule has 52 heavy (non-hydrogen) atoms. The maximum Gasteiger partial charge on any atom is 0.0707 e. The number of thiophene rings is 1. The first kappa shape index (κ1) is 29.3. The van der Waals surface area contributed by atoms with E-state index in [9.17, 15) is 0 Å². The number of aromatic nitrogens is 1. The quantitative estimate of drug-likeness (QED) is 0.196. The number of fused-ring (bicyclic) bond motifs is 10. The lowest BCUT2D eigenvalue weighted by Gasteiger charge is -2.26. The van der Waals surface area contributed by atoms with Crippen LogP contribution in [-0.2, 0) is 0 Å². The van der Waals surface area contributed by atoms with Gasteiger partial charge in [0.15, 0.2) is 0 Å². The molecule has 1 aliphatic heterocycles. The molecule has 0 spiro atoms. The smallest absolute Gasteiger partial charge is 0.0707 e. The standard InChI is InChI=1S/C49H32N2S/c1-2-13-34(14-3-1)42-29-35(30-43(50-42)41-19-10-18-40-39-17-8-9-20-46(39)52-49(40)41)31-21-25-36(26-22-31)51-44-27-23-32-11-4-6-15-37(32)47(44)48-38-16-7-5-12-33(38)24-28-45(48)51/h1-30,42,50H. The maximum atomic E-state index is 3.91. The molecule has 0 amide bonds. The van der Waals surface area contributed by atoms with Crippen molar-refractivity contribution in [1.82, 2.24) is 9.88 Å². The molecule has 0 saturated heterocycles. The van der Waals surface area contributed by atoms with Gasteiger partial charge in [-0.05, 0) is 80.7 Å². The van der Waals surface area contributed by atoms with Crippen LogP contribution in [0.15, 0.2) is 182 Å². The van der Waals surface area contributed by atoms with E-state index in [0.717, 1.165) is 11.4 Å². The van der Waals surface area contributed by atoms with Gasteiger partial charge < -0.3 is 9.88 Å². The summed E-state index contributed by atoms with van der Waals surface area (Å²) < 4.78 is 5.08. The fourth-order valence-corrected chi connectivity index (χ4v) is 9.63. The lowest BCUT2D eigenvalue weighted by molar-refractivity contribution is 0.767. The Morgan fingerprint density at radius 2 is 1.12 bits per heavy atom.